The molecule has 0 unspecified atom stereocenters. The van der Waals surface area contributed by atoms with Gasteiger partial charge in [0.1, 0.15) is 11.5 Å². The molecule has 2 rings (SSSR count). The third kappa shape index (κ3) is 3.11. The molecule has 21 heavy (non-hydrogen) atoms. The number of benzene rings is 2. The van der Waals surface area contributed by atoms with Gasteiger partial charge in [0, 0.05) is 5.56 Å². The van der Waals surface area contributed by atoms with Crippen LogP contribution in [0.4, 0.5) is 0 Å². The van der Waals surface area contributed by atoms with Gasteiger partial charge in [-0.05, 0) is 30.7 Å². The van der Waals surface area contributed by atoms with Crippen LogP contribution >= 0.6 is 7.60 Å². The monoisotopic (exact) mass is 309 g/mol. The van der Waals surface area contributed by atoms with Gasteiger partial charge in [-0.1, -0.05) is 30.3 Å². The van der Waals surface area contributed by atoms with E-state index in [9.17, 15) is 9.67 Å². The molecule has 114 valence electrons. The Hall–Kier alpha value is -1.39. The lowest BCUT2D eigenvalue weighted by molar-refractivity contribution is 0.212. The summed E-state index contributed by atoms with van der Waals surface area (Å²) in [6.45, 7) is 3.88. The van der Waals surface area contributed by atoms with E-state index in [1.807, 2.05) is 24.3 Å². The lowest BCUT2D eigenvalue weighted by atomic mass is 10.0. The predicted molar refractivity (Wildman–Crippen MR) is 83.4 cm³/mol. The van der Waals surface area contributed by atoms with Crippen molar-refractivity contribution in [2.24, 2.45) is 5.73 Å². The Morgan fingerprint density at radius 3 is 2.38 bits per heavy atom. The third-order valence-electron chi connectivity index (χ3n) is 3.20. The maximum atomic E-state index is 12.8. The smallest absolute Gasteiger partial charge is 0.351 e. The Bertz CT molecular complexity index is 664. The van der Waals surface area contributed by atoms with Crippen LogP contribution in [0.5, 0.6) is 5.75 Å². The minimum absolute atomic E-state index is 0.0131. The fourth-order valence-electron chi connectivity index (χ4n) is 2.31. The molecule has 0 fully saturated rings. The van der Waals surface area contributed by atoms with Crippen molar-refractivity contribution in [1.82, 2.24) is 0 Å². The minimum atomic E-state index is -3.55. The standard InChI is InChI=1S/C15H20NO4P/c1-3-19-21(18,20-4-2)15(16)14-12-8-6-5-7-11(12)9-10-13(14)17/h5-10,15,17H,3-4,16H2,1-2H3/t15-/m0/s1. The van der Waals surface area contributed by atoms with Crippen molar-refractivity contribution >= 4 is 18.4 Å². The number of hydrogen-bond acceptors (Lipinski definition) is 5. The fraction of sp³-hybridized carbons (Fsp3) is 0.333. The summed E-state index contributed by atoms with van der Waals surface area (Å²) >= 11 is 0. The van der Waals surface area contributed by atoms with E-state index < -0.39 is 13.4 Å². The molecular formula is C15H20NO4P. The molecule has 2 aromatic carbocycles. The molecule has 2 aromatic rings. The van der Waals surface area contributed by atoms with Crippen molar-refractivity contribution in [3.63, 3.8) is 0 Å². The summed E-state index contributed by atoms with van der Waals surface area (Å²) in [5.74, 6) is -1.05. The van der Waals surface area contributed by atoms with Gasteiger partial charge in [-0.25, -0.2) is 0 Å². The Labute approximate surface area is 124 Å². The first-order valence-electron chi connectivity index (χ1n) is 6.88. The average molecular weight is 309 g/mol. The summed E-state index contributed by atoms with van der Waals surface area (Å²) in [5, 5.41) is 11.8. The quantitative estimate of drug-likeness (QED) is 0.794. The highest BCUT2D eigenvalue weighted by atomic mass is 31.2. The second-order valence-electron chi connectivity index (χ2n) is 4.54. The minimum Gasteiger partial charge on any atom is -0.508 e. The molecule has 0 amide bonds. The molecular weight excluding hydrogens is 289 g/mol. The number of fused-ring (bicyclic) bond motifs is 1. The first kappa shape index (κ1) is 16.0. The molecule has 6 heteroatoms. The zero-order valence-electron chi connectivity index (χ0n) is 12.2. The molecule has 0 aliphatic rings. The van der Waals surface area contributed by atoms with Crippen molar-refractivity contribution in [3.05, 3.63) is 42.0 Å². The van der Waals surface area contributed by atoms with E-state index in [-0.39, 0.29) is 19.0 Å². The summed E-state index contributed by atoms with van der Waals surface area (Å²) in [6, 6.07) is 10.8. The zero-order chi connectivity index (χ0) is 15.5. The van der Waals surface area contributed by atoms with Crippen molar-refractivity contribution in [2.45, 2.75) is 19.6 Å². The molecule has 0 aliphatic heterocycles. The Balaban J connectivity index is 2.59. The molecule has 0 radical (unpaired) electrons. The normalized spacial score (nSPS) is 13.5. The Kier molecular flexibility index (Phi) is 5.01. The van der Waals surface area contributed by atoms with Crippen LogP contribution in [-0.4, -0.2) is 18.3 Å². The van der Waals surface area contributed by atoms with Gasteiger partial charge in [0.25, 0.3) is 0 Å². The molecule has 3 N–H and O–H groups in total. The molecule has 0 spiro atoms. The molecule has 0 bridgehead atoms. The number of aromatic hydroxyl groups is 1. The lowest BCUT2D eigenvalue weighted by Crippen LogP contribution is -2.15. The predicted octanol–water partition coefficient (Wildman–Crippen LogP) is 3.77. The fourth-order valence-corrected chi connectivity index (χ4v) is 4.01. The van der Waals surface area contributed by atoms with E-state index in [1.54, 1.807) is 26.0 Å². The van der Waals surface area contributed by atoms with Crippen LogP contribution in [0.1, 0.15) is 25.2 Å². The van der Waals surface area contributed by atoms with Crippen molar-refractivity contribution < 1.29 is 18.7 Å². The van der Waals surface area contributed by atoms with Crippen molar-refractivity contribution in [2.75, 3.05) is 13.2 Å². The number of nitrogens with two attached hydrogens (primary N) is 1. The Morgan fingerprint density at radius 1 is 1.14 bits per heavy atom. The van der Waals surface area contributed by atoms with Crippen LogP contribution in [0.2, 0.25) is 0 Å². The molecule has 0 saturated carbocycles. The third-order valence-corrected chi connectivity index (χ3v) is 5.38. The summed E-state index contributed by atoms with van der Waals surface area (Å²) < 4.78 is 23.4. The van der Waals surface area contributed by atoms with Gasteiger partial charge >= 0.3 is 7.60 Å². The van der Waals surface area contributed by atoms with E-state index >= 15 is 0 Å². The highest BCUT2D eigenvalue weighted by Crippen LogP contribution is 2.60. The van der Waals surface area contributed by atoms with Crippen LogP contribution in [0.3, 0.4) is 0 Å². The summed E-state index contributed by atoms with van der Waals surface area (Å²) in [4.78, 5) is 0. The van der Waals surface area contributed by atoms with Gasteiger partial charge in [0.15, 0.2) is 0 Å². The molecule has 0 aliphatic carbocycles. The van der Waals surface area contributed by atoms with Crippen LogP contribution in [0.15, 0.2) is 36.4 Å². The molecule has 0 saturated heterocycles. The molecule has 1 atom stereocenters. The number of phenols is 1. The zero-order valence-corrected chi connectivity index (χ0v) is 13.0. The van der Waals surface area contributed by atoms with Crippen LogP contribution < -0.4 is 5.73 Å². The number of rotatable bonds is 6. The average Bonchev–Trinajstić information content (AvgIpc) is 2.47. The van der Waals surface area contributed by atoms with E-state index in [0.717, 1.165) is 10.8 Å². The first-order chi connectivity index (χ1) is 10.0. The van der Waals surface area contributed by atoms with Crippen molar-refractivity contribution in [3.8, 4) is 5.75 Å². The lowest BCUT2D eigenvalue weighted by Gasteiger charge is -2.25. The highest BCUT2D eigenvalue weighted by molar-refractivity contribution is 7.54. The molecule has 0 aromatic heterocycles. The summed E-state index contributed by atoms with van der Waals surface area (Å²) in [6.07, 6.45) is 0. The van der Waals surface area contributed by atoms with Crippen LogP contribution in [0, 0.1) is 0 Å². The van der Waals surface area contributed by atoms with E-state index in [4.69, 9.17) is 14.8 Å². The van der Waals surface area contributed by atoms with Gasteiger partial charge in [-0.15, -0.1) is 0 Å². The van der Waals surface area contributed by atoms with Gasteiger partial charge in [0.2, 0.25) is 0 Å². The second kappa shape index (κ2) is 6.58. The van der Waals surface area contributed by atoms with E-state index in [1.165, 1.54) is 0 Å². The topological polar surface area (TPSA) is 81.8 Å². The van der Waals surface area contributed by atoms with Gasteiger partial charge in [-0.2, -0.15) is 0 Å². The summed E-state index contributed by atoms with van der Waals surface area (Å²) in [5.41, 5.74) is 6.53. The van der Waals surface area contributed by atoms with Crippen LogP contribution in [0.25, 0.3) is 10.8 Å². The SMILES string of the molecule is CCOP(=O)(OCC)[C@H](N)c1c(O)ccc2ccccc12. The molecule has 0 heterocycles. The maximum Gasteiger partial charge on any atom is 0.351 e. The number of phenolic OH excluding ortho intramolecular Hbond substituents is 1. The maximum absolute atomic E-state index is 12.8. The van der Waals surface area contributed by atoms with Gasteiger partial charge in [-0.3, -0.25) is 4.57 Å². The van der Waals surface area contributed by atoms with E-state index in [2.05, 4.69) is 0 Å². The van der Waals surface area contributed by atoms with Gasteiger partial charge < -0.3 is 19.9 Å². The highest BCUT2D eigenvalue weighted by Gasteiger charge is 2.36. The van der Waals surface area contributed by atoms with E-state index in [0.29, 0.717) is 5.56 Å². The molecule has 5 nitrogen and oxygen atoms in total. The largest absolute Gasteiger partial charge is 0.508 e. The second-order valence-corrected chi connectivity index (χ2v) is 6.69. The van der Waals surface area contributed by atoms with Crippen molar-refractivity contribution in [1.29, 1.82) is 0 Å². The first-order valence-corrected chi connectivity index (χ1v) is 8.49. The van der Waals surface area contributed by atoms with Gasteiger partial charge in [0.05, 0.1) is 13.2 Å². The number of hydrogen-bond donors (Lipinski definition) is 2. The van der Waals surface area contributed by atoms with Crippen LogP contribution in [-0.2, 0) is 13.6 Å². The Morgan fingerprint density at radius 2 is 1.76 bits per heavy atom. The summed E-state index contributed by atoms with van der Waals surface area (Å²) in [7, 11) is -3.55.